The van der Waals surface area contributed by atoms with E-state index in [1.165, 1.54) is 0 Å². The van der Waals surface area contributed by atoms with Gasteiger partial charge in [-0.05, 0) is 84.7 Å². The quantitative estimate of drug-likeness (QED) is 0.562. The number of aryl methyl sites for hydroxylation is 1. The Morgan fingerprint density at radius 2 is 2.11 bits per heavy atom. The topological polar surface area (TPSA) is 77.7 Å². The van der Waals surface area contributed by atoms with Gasteiger partial charge >= 0.3 is 6.09 Å². The fourth-order valence-corrected chi connectivity index (χ4v) is 3.75. The molecule has 1 aliphatic heterocycles. The zero-order valence-electron chi connectivity index (χ0n) is 17.4. The number of carbonyl (C=O) groups is 1. The molecule has 152 valence electrons. The molecule has 0 radical (unpaired) electrons. The third-order valence-corrected chi connectivity index (χ3v) is 5.18. The van der Waals surface area contributed by atoms with E-state index >= 15 is 0 Å². The highest BCUT2D eigenvalue weighted by Gasteiger charge is 2.42. The number of aromatic nitrogens is 1. The Kier molecular flexibility index (Phi) is 7.03. The van der Waals surface area contributed by atoms with Crippen LogP contribution in [-0.4, -0.2) is 40.3 Å². The summed E-state index contributed by atoms with van der Waals surface area (Å²) in [6, 6.07) is 3.86. The van der Waals surface area contributed by atoms with Gasteiger partial charge < -0.3 is 14.4 Å². The maximum atomic E-state index is 12.5. The number of pyridine rings is 1. The predicted molar refractivity (Wildman–Crippen MR) is 109 cm³/mol. The Bertz CT molecular complexity index is 658. The molecule has 1 saturated heterocycles. The van der Waals surface area contributed by atoms with Gasteiger partial charge in [-0.2, -0.15) is 0 Å². The summed E-state index contributed by atoms with van der Waals surface area (Å²) in [7, 11) is 0. The molecule has 6 nitrogen and oxygen atoms in total. The number of ether oxygens (including phenoxy) is 2. The highest BCUT2D eigenvalue weighted by Crippen LogP contribution is 2.36. The SMILES string of the molecule is Cc1ccc(SN)nc1OCCC[C@@H]1CN(C(=O)OC(C)(C)C)C(C)(C)C1. The molecule has 1 fully saturated rings. The summed E-state index contributed by atoms with van der Waals surface area (Å²) in [5, 5.41) is 6.31. The number of nitrogens with two attached hydrogens (primary N) is 1. The van der Waals surface area contributed by atoms with Gasteiger partial charge in [0.2, 0.25) is 5.88 Å². The van der Waals surface area contributed by atoms with E-state index in [2.05, 4.69) is 18.8 Å². The summed E-state index contributed by atoms with van der Waals surface area (Å²) in [4.78, 5) is 18.8. The molecule has 2 heterocycles. The molecule has 1 amide bonds. The number of hydrogen-bond acceptors (Lipinski definition) is 6. The molecule has 0 saturated carbocycles. The average molecular weight is 396 g/mol. The molecule has 0 spiro atoms. The van der Waals surface area contributed by atoms with Crippen molar-refractivity contribution in [2.45, 2.75) is 77.0 Å². The Morgan fingerprint density at radius 1 is 1.41 bits per heavy atom. The van der Waals surface area contributed by atoms with E-state index in [1.807, 2.05) is 44.7 Å². The van der Waals surface area contributed by atoms with Gasteiger partial charge in [-0.3, -0.25) is 5.14 Å². The zero-order chi connectivity index (χ0) is 20.2. The molecule has 0 bridgehead atoms. The van der Waals surface area contributed by atoms with Gasteiger partial charge in [-0.1, -0.05) is 6.07 Å². The molecule has 1 atom stereocenters. The minimum absolute atomic E-state index is 0.182. The van der Waals surface area contributed by atoms with Crippen LogP contribution in [0, 0.1) is 12.8 Å². The van der Waals surface area contributed by atoms with Crippen LogP contribution >= 0.6 is 11.9 Å². The maximum absolute atomic E-state index is 12.5. The molecule has 7 heteroatoms. The first-order chi connectivity index (χ1) is 12.5. The van der Waals surface area contributed by atoms with Gasteiger partial charge in [-0.25, -0.2) is 9.78 Å². The first-order valence-electron chi connectivity index (χ1n) is 9.49. The number of rotatable bonds is 6. The van der Waals surface area contributed by atoms with E-state index in [0.29, 0.717) is 18.4 Å². The molecule has 0 aromatic carbocycles. The molecule has 0 unspecified atom stereocenters. The van der Waals surface area contributed by atoms with Crippen molar-refractivity contribution < 1.29 is 14.3 Å². The van der Waals surface area contributed by atoms with E-state index in [9.17, 15) is 4.79 Å². The van der Waals surface area contributed by atoms with Crippen LogP contribution in [0.25, 0.3) is 0 Å². The lowest BCUT2D eigenvalue weighted by molar-refractivity contribution is 0.0131. The van der Waals surface area contributed by atoms with E-state index < -0.39 is 5.60 Å². The minimum Gasteiger partial charge on any atom is -0.477 e. The fraction of sp³-hybridized carbons (Fsp3) is 0.700. The lowest BCUT2D eigenvalue weighted by Gasteiger charge is -2.33. The third-order valence-electron chi connectivity index (χ3n) is 4.71. The molecule has 2 rings (SSSR count). The highest BCUT2D eigenvalue weighted by molar-refractivity contribution is 7.97. The van der Waals surface area contributed by atoms with Crippen molar-refractivity contribution >= 4 is 18.0 Å². The third kappa shape index (κ3) is 6.28. The van der Waals surface area contributed by atoms with Crippen LogP contribution in [-0.2, 0) is 4.74 Å². The second kappa shape index (κ2) is 8.69. The molecule has 1 aromatic heterocycles. The van der Waals surface area contributed by atoms with Crippen molar-refractivity contribution in [1.82, 2.24) is 9.88 Å². The van der Waals surface area contributed by atoms with Crippen LogP contribution in [0.1, 0.15) is 59.4 Å². The van der Waals surface area contributed by atoms with Gasteiger partial charge in [0.25, 0.3) is 0 Å². The fourth-order valence-electron chi connectivity index (χ4n) is 3.46. The summed E-state index contributed by atoms with van der Waals surface area (Å²) in [6.45, 7) is 13.2. The largest absolute Gasteiger partial charge is 0.477 e. The van der Waals surface area contributed by atoms with Crippen molar-refractivity contribution in [2.24, 2.45) is 11.1 Å². The number of hydrogen-bond donors (Lipinski definition) is 1. The standard InChI is InChI=1S/C20H33N3O3S/c1-14-9-10-16(27-21)22-17(14)25-11-7-8-15-12-20(5,6)23(13-15)18(24)26-19(2,3)4/h9-10,15H,7-8,11-13,21H2,1-6H3/t15-/m0/s1. The van der Waals surface area contributed by atoms with Crippen LogP contribution in [0.2, 0.25) is 0 Å². The van der Waals surface area contributed by atoms with Crippen LogP contribution in [0.15, 0.2) is 17.2 Å². The summed E-state index contributed by atoms with van der Waals surface area (Å²) in [5.74, 6) is 1.10. The Hall–Kier alpha value is -1.47. The van der Waals surface area contributed by atoms with Gasteiger partial charge in [0.15, 0.2) is 0 Å². The average Bonchev–Trinajstić information content (AvgIpc) is 2.86. The van der Waals surface area contributed by atoms with Crippen molar-refractivity contribution in [3.8, 4) is 5.88 Å². The van der Waals surface area contributed by atoms with E-state index in [-0.39, 0.29) is 11.6 Å². The smallest absolute Gasteiger partial charge is 0.410 e. The summed E-state index contributed by atoms with van der Waals surface area (Å²) in [6.07, 6.45) is 2.68. The molecule has 1 aliphatic rings. The number of amides is 1. The van der Waals surface area contributed by atoms with Crippen LogP contribution in [0.4, 0.5) is 4.79 Å². The lowest BCUT2D eigenvalue weighted by atomic mass is 9.93. The summed E-state index contributed by atoms with van der Waals surface area (Å²) in [5.41, 5.74) is 0.352. The van der Waals surface area contributed by atoms with Crippen molar-refractivity contribution in [3.63, 3.8) is 0 Å². The molecule has 27 heavy (non-hydrogen) atoms. The Morgan fingerprint density at radius 3 is 2.74 bits per heavy atom. The van der Waals surface area contributed by atoms with Gasteiger partial charge in [0, 0.05) is 17.6 Å². The maximum Gasteiger partial charge on any atom is 0.410 e. The molecule has 1 aromatic rings. The number of likely N-dealkylation sites (tertiary alicyclic amines) is 1. The first-order valence-corrected chi connectivity index (χ1v) is 10.4. The molecular formula is C20H33N3O3S. The summed E-state index contributed by atoms with van der Waals surface area (Å²) >= 11 is 1.12. The highest BCUT2D eigenvalue weighted by atomic mass is 32.2. The van der Waals surface area contributed by atoms with Crippen LogP contribution in [0.3, 0.4) is 0 Å². The van der Waals surface area contributed by atoms with E-state index in [1.54, 1.807) is 0 Å². The summed E-state index contributed by atoms with van der Waals surface area (Å²) < 4.78 is 11.4. The zero-order valence-corrected chi connectivity index (χ0v) is 18.2. The molecular weight excluding hydrogens is 362 g/mol. The molecule has 0 aliphatic carbocycles. The van der Waals surface area contributed by atoms with Gasteiger partial charge in [0.1, 0.15) is 10.6 Å². The van der Waals surface area contributed by atoms with Gasteiger partial charge in [0.05, 0.1) is 6.61 Å². The van der Waals surface area contributed by atoms with Crippen molar-refractivity contribution in [2.75, 3.05) is 13.2 Å². The second-order valence-corrected chi connectivity index (χ2v) is 9.51. The number of nitrogens with zero attached hydrogens (tertiary/aromatic N) is 2. The monoisotopic (exact) mass is 395 g/mol. The minimum atomic E-state index is -0.472. The second-order valence-electron chi connectivity index (χ2n) is 8.85. The van der Waals surface area contributed by atoms with Gasteiger partial charge in [-0.15, -0.1) is 0 Å². The van der Waals surface area contributed by atoms with Crippen molar-refractivity contribution in [3.05, 3.63) is 17.7 Å². The number of carbonyl (C=O) groups excluding carboxylic acids is 1. The van der Waals surface area contributed by atoms with Crippen molar-refractivity contribution in [1.29, 1.82) is 0 Å². The lowest BCUT2D eigenvalue weighted by Crippen LogP contribution is -2.45. The van der Waals surface area contributed by atoms with E-state index in [0.717, 1.165) is 48.3 Å². The first kappa shape index (κ1) is 21.8. The van der Waals surface area contributed by atoms with E-state index in [4.69, 9.17) is 14.6 Å². The van der Waals surface area contributed by atoms with Crippen LogP contribution in [0.5, 0.6) is 5.88 Å². The Balaban J connectivity index is 1.83. The predicted octanol–water partition coefficient (Wildman–Crippen LogP) is 4.55. The van der Waals surface area contributed by atoms with Crippen LogP contribution < -0.4 is 9.88 Å². The normalized spacial score (nSPS) is 19.2. The molecule has 2 N–H and O–H groups in total. The Labute approximate surface area is 167 Å².